The van der Waals surface area contributed by atoms with E-state index < -0.39 is 0 Å². The van der Waals surface area contributed by atoms with Crippen molar-refractivity contribution in [1.82, 2.24) is 4.90 Å². The second-order valence-electron chi connectivity index (χ2n) is 8.44. The first-order chi connectivity index (χ1) is 12.6. The van der Waals surface area contributed by atoms with Gasteiger partial charge in [0.15, 0.2) is 0 Å². The number of thioether (sulfide) groups is 1. The minimum absolute atomic E-state index is 0.599. The van der Waals surface area contributed by atoms with Crippen molar-refractivity contribution in [2.45, 2.75) is 44.0 Å². The molecule has 0 bridgehead atoms. The summed E-state index contributed by atoms with van der Waals surface area (Å²) >= 11 is 1.88. The molecule has 3 heterocycles. The van der Waals surface area contributed by atoms with Crippen molar-refractivity contribution in [3.05, 3.63) is 41.3 Å². The Morgan fingerprint density at radius 3 is 2.73 bits per heavy atom. The van der Waals surface area contributed by atoms with Gasteiger partial charge in [-0.05, 0) is 62.8 Å². The maximum atomic E-state index is 4.84. The van der Waals surface area contributed by atoms with Crippen LogP contribution in [0.15, 0.2) is 51.2 Å². The van der Waals surface area contributed by atoms with Crippen LogP contribution in [0.5, 0.6) is 0 Å². The Bertz CT molecular complexity index is 805. The summed E-state index contributed by atoms with van der Waals surface area (Å²) in [6, 6.07) is 7.53. The van der Waals surface area contributed by atoms with Gasteiger partial charge in [0.2, 0.25) is 0 Å². The third-order valence-corrected chi connectivity index (χ3v) is 7.51. The van der Waals surface area contributed by atoms with Crippen LogP contribution in [0.3, 0.4) is 0 Å². The molecule has 0 N–H and O–H groups in total. The summed E-state index contributed by atoms with van der Waals surface area (Å²) in [5.41, 5.74) is 4.22. The molecule has 26 heavy (non-hydrogen) atoms. The predicted octanol–water partition coefficient (Wildman–Crippen LogP) is 5.02. The Labute approximate surface area is 160 Å². The third-order valence-electron chi connectivity index (χ3n) is 6.37. The van der Waals surface area contributed by atoms with Crippen LogP contribution in [0.4, 0.5) is 11.4 Å². The normalized spacial score (nSPS) is 24.0. The number of hydrogen-bond donors (Lipinski definition) is 0. The summed E-state index contributed by atoms with van der Waals surface area (Å²) in [6.07, 6.45) is 10.3. The third kappa shape index (κ3) is 2.84. The van der Waals surface area contributed by atoms with Crippen molar-refractivity contribution in [3.63, 3.8) is 0 Å². The summed E-state index contributed by atoms with van der Waals surface area (Å²) in [5, 5.41) is 0. The highest BCUT2D eigenvalue weighted by Crippen LogP contribution is 2.45. The van der Waals surface area contributed by atoms with Crippen LogP contribution < -0.4 is 4.90 Å². The number of hydrogen-bond acceptors (Lipinski definition) is 4. The van der Waals surface area contributed by atoms with Gasteiger partial charge in [-0.2, -0.15) is 0 Å². The van der Waals surface area contributed by atoms with Crippen LogP contribution in [0, 0.1) is 5.41 Å². The molecule has 4 heteroatoms. The molecule has 5 rings (SSSR count). The zero-order valence-electron chi connectivity index (χ0n) is 15.7. The molecule has 0 saturated carbocycles. The fourth-order valence-corrected chi connectivity index (χ4v) is 5.62. The van der Waals surface area contributed by atoms with Gasteiger partial charge in [0.25, 0.3) is 0 Å². The average molecular weight is 366 g/mol. The summed E-state index contributed by atoms with van der Waals surface area (Å²) in [7, 11) is 0. The first-order valence-corrected chi connectivity index (χ1v) is 10.7. The number of aliphatic imine (C=N–C) groups is 1. The maximum absolute atomic E-state index is 4.84. The Morgan fingerprint density at radius 2 is 1.96 bits per heavy atom. The lowest BCUT2D eigenvalue weighted by Crippen LogP contribution is -2.62. The van der Waals surface area contributed by atoms with E-state index >= 15 is 0 Å². The highest BCUT2D eigenvalue weighted by atomic mass is 32.2. The summed E-state index contributed by atoms with van der Waals surface area (Å²) in [5.74, 6) is 0. The molecule has 3 aliphatic heterocycles. The molecule has 136 valence electrons. The lowest BCUT2D eigenvalue weighted by Gasteiger charge is -2.56. The van der Waals surface area contributed by atoms with Crippen LogP contribution in [0.2, 0.25) is 0 Å². The van der Waals surface area contributed by atoms with Crippen molar-refractivity contribution in [2.75, 3.05) is 31.1 Å². The predicted molar refractivity (Wildman–Crippen MR) is 112 cm³/mol. The number of fused-ring (bicyclic) bond motifs is 2. The van der Waals surface area contributed by atoms with Crippen molar-refractivity contribution in [1.29, 1.82) is 0 Å². The Kier molecular flexibility index (Phi) is 4.02. The molecule has 0 unspecified atom stereocenters. The van der Waals surface area contributed by atoms with Gasteiger partial charge in [-0.25, -0.2) is 4.99 Å². The van der Waals surface area contributed by atoms with E-state index in [0.29, 0.717) is 11.5 Å². The minimum atomic E-state index is 0.599. The van der Waals surface area contributed by atoms with Gasteiger partial charge < -0.3 is 4.90 Å². The second kappa shape index (κ2) is 6.28. The van der Waals surface area contributed by atoms with E-state index in [-0.39, 0.29) is 0 Å². The minimum Gasteiger partial charge on any atom is -0.371 e. The zero-order chi connectivity index (χ0) is 17.7. The van der Waals surface area contributed by atoms with Crippen LogP contribution in [-0.2, 0) is 0 Å². The van der Waals surface area contributed by atoms with Crippen LogP contribution >= 0.6 is 11.8 Å². The number of allylic oxidation sites excluding steroid dienone is 4. The van der Waals surface area contributed by atoms with E-state index in [1.807, 2.05) is 11.8 Å². The SMILES string of the molecule is CC(C)N1CC2(CCN(c3ccc4c(c3)SC3=CCC=CC3=N4)CC2)C1. The number of benzene rings is 1. The molecule has 1 aromatic rings. The fourth-order valence-electron chi connectivity index (χ4n) is 4.59. The Hall–Kier alpha value is -1.52. The van der Waals surface area contributed by atoms with E-state index in [4.69, 9.17) is 4.99 Å². The smallest absolute Gasteiger partial charge is 0.0778 e. The van der Waals surface area contributed by atoms with E-state index in [2.05, 4.69) is 60.1 Å². The molecule has 0 aromatic heterocycles. The molecule has 1 aliphatic carbocycles. The van der Waals surface area contributed by atoms with E-state index in [1.54, 1.807) is 0 Å². The van der Waals surface area contributed by atoms with Gasteiger partial charge >= 0.3 is 0 Å². The quantitative estimate of drug-likeness (QED) is 0.733. The lowest BCUT2D eigenvalue weighted by atomic mass is 9.71. The highest BCUT2D eigenvalue weighted by molar-refractivity contribution is 8.04. The molecule has 0 radical (unpaired) electrons. The molecule has 0 amide bonds. The van der Waals surface area contributed by atoms with Gasteiger partial charge in [-0.15, -0.1) is 0 Å². The van der Waals surface area contributed by atoms with Crippen LogP contribution in [-0.4, -0.2) is 42.8 Å². The average Bonchev–Trinajstić information content (AvgIpc) is 2.64. The van der Waals surface area contributed by atoms with Gasteiger partial charge in [0.1, 0.15) is 0 Å². The molecule has 1 aromatic carbocycles. The Morgan fingerprint density at radius 1 is 1.15 bits per heavy atom. The fraction of sp³-hybridized carbons (Fsp3) is 0.500. The number of anilines is 1. The summed E-state index contributed by atoms with van der Waals surface area (Å²) < 4.78 is 0. The lowest BCUT2D eigenvalue weighted by molar-refractivity contribution is -0.0380. The molecule has 2 fully saturated rings. The van der Waals surface area contributed by atoms with E-state index in [9.17, 15) is 0 Å². The Balaban J connectivity index is 1.30. The topological polar surface area (TPSA) is 18.8 Å². The number of nitrogens with zero attached hydrogens (tertiary/aromatic N) is 3. The standard InChI is InChI=1S/C22H27N3S/c1-16(2)25-14-22(15-25)9-11-24(12-10-22)17-7-8-19-21(13-17)26-20-6-4-3-5-18(20)23-19/h3,5-8,13,16H,4,9-12,14-15H2,1-2H3. The maximum Gasteiger partial charge on any atom is 0.0778 e. The van der Waals surface area contributed by atoms with Crippen molar-refractivity contribution in [3.8, 4) is 0 Å². The summed E-state index contributed by atoms with van der Waals surface area (Å²) in [6.45, 7) is 9.62. The van der Waals surface area contributed by atoms with Crippen molar-refractivity contribution >= 4 is 28.8 Å². The first-order valence-electron chi connectivity index (χ1n) is 9.89. The molecule has 4 aliphatic rings. The monoisotopic (exact) mass is 365 g/mol. The van der Waals surface area contributed by atoms with Crippen molar-refractivity contribution < 1.29 is 0 Å². The van der Waals surface area contributed by atoms with Gasteiger partial charge in [0.05, 0.1) is 11.4 Å². The van der Waals surface area contributed by atoms with Crippen LogP contribution in [0.1, 0.15) is 33.1 Å². The second-order valence-corrected chi connectivity index (χ2v) is 9.53. The molecule has 2 saturated heterocycles. The number of rotatable bonds is 2. The molecular formula is C22H27N3S. The van der Waals surface area contributed by atoms with Gasteiger partial charge in [-0.1, -0.05) is 23.9 Å². The van der Waals surface area contributed by atoms with Gasteiger partial charge in [-0.3, -0.25) is 4.90 Å². The molecular weight excluding hydrogens is 338 g/mol. The molecule has 1 spiro atoms. The van der Waals surface area contributed by atoms with E-state index in [1.165, 1.54) is 54.5 Å². The molecule has 3 nitrogen and oxygen atoms in total. The van der Waals surface area contributed by atoms with Crippen molar-refractivity contribution in [2.24, 2.45) is 10.4 Å². The van der Waals surface area contributed by atoms with E-state index in [0.717, 1.165) is 17.8 Å². The highest BCUT2D eigenvalue weighted by Gasteiger charge is 2.45. The van der Waals surface area contributed by atoms with Crippen LogP contribution in [0.25, 0.3) is 0 Å². The van der Waals surface area contributed by atoms with Gasteiger partial charge in [0, 0.05) is 47.7 Å². The first kappa shape index (κ1) is 16.6. The number of piperidine rings is 1. The zero-order valence-corrected chi connectivity index (χ0v) is 16.6. The largest absolute Gasteiger partial charge is 0.371 e. The number of likely N-dealkylation sites (tertiary alicyclic amines) is 1. The molecule has 0 atom stereocenters. The summed E-state index contributed by atoms with van der Waals surface area (Å²) in [4.78, 5) is 12.7.